The van der Waals surface area contributed by atoms with Gasteiger partial charge in [-0.2, -0.15) is 10.1 Å². The van der Waals surface area contributed by atoms with E-state index in [1.54, 1.807) is 0 Å². The predicted molar refractivity (Wildman–Crippen MR) is 154 cm³/mol. The largest absolute Gasteiger partial charge is 0.393 e. The lowest BCUT2D eigenvalue weighted by Gasteiger charge is -2.32. The number of nitrogens with one attached hydrogen (secondary N) is 1. The Morgan fingerprint density at radius 2 is 1.76 bits per heavy atom. The van der Waals surface area contributed by atoms with Gasteiger partial charge in [0.15, 0.2) is 5.65 Å². The molecule has 38 heavy (non-hydrogen) atoms. The molecular weight excluding hydrogens is 474 g/mol. The van der Waals surface area contributed by atoms with Crippen molar-refractivity contribution in [3.8, 4) is 11.3 Å². The van der Waals surface area contributed by atoms with Gasteiger partial charge in [-0.3, -0.25) is 4.90 Å². The maximum Gasteiger partial charge on any atom is 0.224 e. The van der Waals surface area contributed by atoms with Crippen molar-refractivity contribution in [1.82, 2.24) is 29.5 Å². The molecule has 5 rings (SSSR count). The van der Waals surface area contributed by atoms with Crippen LogP contribution in [0.3, 0.4) is 0 Å². The van der Waals surface area contributed by atoms with Crippen LogP contribution in [-0.4, -0.2) is 80.0 Å². The van der Waals surface area contributed by atoms with Gasteiger partial charge in [0.1, 0.15) is 5.69 Å². The van der Waals surface area contributed by atoms with E-state index in [1.807, 2.05) is 6.20 Å². The quantitative estimate of drug-likeness (QED) is 0.361. The van der Waals surface area contributed by atoms with Crippen molar-refractivity contribution < 1.29 is 5.11 Å². The first-order chi connectivity index (χ1) is 18.5. The Bertz CT molecular complexity index is 1160. The fourth-order valence-electron chi connectivity index (χ4n) is 5.79. The molecule has 1 saturated carbocycles. The first-order valence-electron chi connectivity index (χ1n) is 14.7. The topological polar surface area (TPSA) is 82.3 Å². The van der Waals surface area contributed by atoms with Gasteiger partial charge in [0.2, 0.25) is 5.95 Å². The maximum absolute atomic E-state index is 10.1. The lowest BCUT2D eigenvalue weighted by molar-refractivity contribution is 0.109. The van der Waals surface area contributed by atoms with E-state index in [-0.39, 0.29) is 12.1 Å². The summed E-state index contributed by atoms with van der Waals surface area (Å²) < 4.78 is 2.11. The molecule has 3 heterocycles. The molecule has 2 aromatic heterocycles. The summed E-state index contributed by atoms with van der Waals surface area (Å²) >= 11 is 0. The van der Waals surface area contributed by atoms with Gasteiger partial charge >= 0.3 is 0 Å². The number of hydrogen-bond donors (Lipinski definition) is 2. The molecule has 8 nitrogen and oxygen atoms in total. The predicted octanol–water partition coefficient (Wildman–Crippen LogP) is 5.10. The summed E-state index contributed by atoms with van der Waals surface area (Å²) in [7, 11) is 2.20. The van der Waals surface area contributed by atoms with E-state index in [9.17, 15) is 5.11 Å². The number of unbranched alkanes of at least 4 members (excludes halogenated alkanes) is 2. The Balaban J connectivity index is 1.39. The summed E-state index contributed by atoms with van der Waals surface area (Å²) in [5.74, 6) is 0.674. The zero-order valence-corrected chi connectivity index (χ0v) is 23.4. The average molecular weight is 520 g/mol. The van der Waals surface area contributed by atoms with Crippen molar-refractivity contribution >= 4 is 17.0 Å². The number of fused-ring (bicyclic) bond motifs is 1. The molecule has 1 saturated heterocycles. The van der Waals surface area contributed by atoms with Crippen LogP contribution < -0.4 is 5.32 Å². The van der Waals surface area contributed by atoms with Crippen molar-refractivity contribution in [2.24, 2.45) is 0 Å². The third kappa shape index (κ3) is 6.53. The number of rotatable bonds is 10. The molecule has 1 aliphatic heterocycles. The van der Waals surface area contributed by atoms with Crippen molar-refractivity contribution in [3.63, 3.8) is 0 Å². The van der Waals surface area contributed by atoms with Gasteiger partial charge < -0.3 is 15.3 Å². The Morgan fingerprint density at radius 1 is 1.03 bits per heavy atom. The number of aliphatic hydroxyl groups is 1. The van der Waals surface area contributed by atoms with Crippen LogP contribution in [0.25, 0.3) is 22.3 Å². The summed E-state index contributed by atoms with van der Waals surface area (Å²) in [6.07, 6.45) is 10.0. The van der Waals surface area contributed by atoms with E-state index in [4.69, 9.17) is 15.1 Å². The minimum absolute atomic E-state index is 0.198. The van der Waals surface area contributed by atoms with Gasteiger partial charge in [0.25, 0.3) is 0 Å². The normalized spacial score (nSPS) is 22.1. The molecule has 0 spiro atoms. The van der Waals surface area contributed by atoms with Gasteiger partial charge in [-0.1, -0.05) is 50.5 Å². The van der Waals surface area contributed by atoms with Crippen LogP contribution in [0, 0.1) is 0 Å². The van der Waals surface area contributed by atoms with Crippen molar-refractivity contribution in [2.45, 2.75) is 89.9 Å². The highest BCUT2D eigenvalue weighted by Gasteiger charge is 2.26. The van der Waals surface area contributed by atoms with Crippen molar-refractivity contribution in [3.05, 3.63) is 36.0 Å². The van der Waals surface area contributed by atoms with E-state index in [0.717, 1.165) is 87.1 Å². The zero-order chi connectivity index (χ0) is 26.5. The smallest absolute Gasteiger partial charge is 0.224 e. The minimum atomic E-state index is -0.198. The van der Waals surface area contributed by atoms with E-state index < -0.39 is 0 Å². The van der Waals surface area contributed by atoms with Gasteiger partial charge in [0.05, 0.1) is 17.5 Å². The van der Waals surface area contributed by atoms with Crippen molar-refractivity contribution in [2.75, 3.05) is 38.5 Å². The Labute approximate surface area is 227 Å². The summed E-state index contributed by atoms with van der Waals surface area (Å²) in [5.41, 5.74) is 4.27. The number of aliphatic hydroxyl groups excluding tert-OH is 1. The highest BCUT2D eigenvalue weighted by molar-refractivity contribution is 5.91. The monoisotopic (exact) mass is 519 g/mol. The molecule has 0 unspecified atom stereocenters. The Kier molecular flexibility index (Phi) is 8.92. The molecule has 1 aliphatic carbocycles. The summed E-state index contributed by atoms with van der Waals surface area (Å²) in [4.78, 5) is 14.6. The molecule has 2 N–H and O–H groups in total. The number of benzene rings is 1. The third-order valence-corrected chi connectivity index (χ3v) is 8.31. The molecule has 1 aromatic carbocycles. The summed E-state index contributed by atoms with van der Waals surface area (Å²) in [5, 5.41) is 19.7. The highest BCUT2D eigenvalue weighted by atomic mass is 16.3. The average Bonchev–Trinajstić information content (AvgIpc) is 3.30. The molecule has 1 atom stereocenters. The molecule has 2 aliphatic rings. The molecule has 0 amide bonds. The lowest BCUT2D eigenvalue weighted by Crippen LogP contribution is -2.43. The fraction of sp³-hybridized carbons (Fsp3) is 0.633. The van der Waals surface area contributed by atoms with Gasteiger partial charge in [-0.05, 0) is 51.6 Å². The van der Waals surface area contributed by atoms with Crippen LogP contribution in [-0.2, 0) is 6.54 Å². The highest BCUT2D eigenvalue weighted by Crippen LogP contribution is 2.34. The van der Waals surface area contributed by atoms with E-state index in [1.165, 1.54) is 24.8 Å². The molecule has 3 aromatic rings. The molecule has 2 fully saturated rings. The number of likely N-dealkylation sites (N-methyl/N-ethyl adjacent to an activating group) is 1. The Morgan fingerprint density at radius 3 is 2.47 bits per heavy atom. The van der Waals surface area contributed by atoms with Crippen LogP contribution in [0.4, 0.5) is 5.95 Å². The van der Waals surface area contributed by atoms with E-state index in [2.05, 4.69) is 65.0 Å². The fourth-order valence-corrected chi connectivity index (χ4v) is 5.79. The number of anilines is 1. The number of hydrogen-bond acceptors (Lipinski definition) is 7. The lowest BCUT2D eigenvalue weighted by atomic mass is 9.93. The minimum Gasteiger partial charge on any atom is -0.393 e. The van der Waals surface area contributed by atoms with Crippen molar-refractivity contribution in [1.29, 1.82) is 0 Å². The van der Waals surface area contributed by atoms with Gasteiger partial charge in [-0.15, -0.1) is 0 Å². The molecule has 0 bridgehead atoms. The first-order valence-corrected chi connectivity index (χ1v) is 14.7. The zero-order valence-electron chi connectivity index (χ0n) is 23.4. The number of aromatic nitrogens is 4. The third-order valence-electron chi connectivity index (χ3n) is 8.31. The summed E-state index contributed by atoms with van der Waals surface area (Å²) in [6, 6.07) is 9.45. The van der Waals surface area contributed by atoms with Crippen LogP contribution in [0.2, 0.25) is 0 Å². The second-order valence-corrected chi connectivity index (χ2v) is 11.5. The van der Waals surface area contributed by atoms with Crippen LogP contribution >= 0.6 is 0 Å². The Hall–Kier alpha value is -2.55. The molecular formula is C30H45N7O. The van der Waals surface area contributed by atoms with E-state index >= 15 is 0 Å². The molecule has 0 radical (unpaired) electrons. The SMILES string of the molecule is CCCCC[C@@H](C)Nc1ncc2c(-c3ccc(CN4CCN(C)CC4)cc3)nn(C3CCC(O)CC3)c2n1. The van der Waals surface area contributed by atoms with E-state index in [0.29, 0.717) is 12.0 Å². The molecule has 206 valence electrons. The maximum atomic E-state index is 10.1. The second-order valence-electron chi connectivity index (χ2n) is 11.5. The molecule has 8 heteroatoms. The summed E-state index contributed by atoms with van der Waals surface area (Å²) in [6.45, 7) is 9.93. The number of nitrogens with zero attached hydrogens (tertiary/aromatic N) is 6. The van der Waals surface area contributed by atoms with Crippen LogP contribution in [0.5, 0.6) is 0 Å². The standard InChI is InChI=1S/C30H45N7O/c1-4-5-6-7-22(2)32-30-31-20-27-28(34-37(29(27)33-30)25-12-14-26(38)15-13-25)24-10-8-23(9-11-24)21-36-18-16-35(3)17-19-36/h8-11,20,22,25-26,38H,4-7,12-19,21H2,1-3H3,(H,31,32,33)/t22-,25?,26?/m1/s1. The second kappa shape index (κ2) is 12.5. The number of piperazine rings is 1. The van der Waals surface area contributed by atoms with Gasteiger partial charge in [-0.25, -0.2) is 9.67 Å². The first kappa shape index (κ1) is 27.0. The van der Waals surface area contributed by atoms with Crippen LogP contribution in [0.15, 0.2) is 30.5 Å². The van der Waals surface area contributed by atoms with Gasteiger partial charge in [0, 0.05) is 50.5 Å². The van der Waals surface area contributed by atoms with Crippen LogP contribution in [0.1, 0.15) is 76.8 Å².